The molecule has 54 heavy (non-hydrogen) atoms. The van der Waals surface area contributed by atoms with E-state index < -0.39 is 0 Å². The van der Waals surface area contributed by atoms with Crippen LogP contribution in [0.3, 0.4) is 0 Å². The van der Waals surface area contributed by atoms with E-state index in [0.29, 0.717) is 0 Å². The molecule has 5 unspecified atom stereocenters. The number of hydrogen-bond donors (Lipinski definition) is 2. The van der Waals surface area contributed by atoms with Crippen molar-refractivity contribution in [3.05, 3.63) is 207 Å². The molecular formula is C49H42N4S. The number of nitrogens with one attached hydrogen (secondary N) is 2. The fourth-order valence-electron chi connectivity index (χ4n) is 8.88. The van der Waals surface area contributed by atoms with Crippen LogP contribution in [-0.4, -0.2) is 5.84 Å². The Morgan fingerprint density at radius 1 is 0.630 bits per heavy atom. The Morgan fingerprint density at radius 2 is 1.24 bits per heavy atom. The minimum Gasteiger partial charge on any atom is -0.351 e. The maximum Gasteiger partial charge on any atom is 0.129 e. The zero-order chi connectivity index (χ0) is 35.8. The highest BCUT2D eigenvalue weighted by molar-refractivity contribution is 7.13. The van der Waals surface area contributed by atoms with Crippen LogP contribution in [0.4, 0.5) is 11.4 Å². The van der Waals surface area contributed by atoms with Gasteiger partial charge in [0, 0.05) is 38.5 Å². The van der Waals surface area contributed by atoms with Gasteiger partial charge in [-0.05, 0) is 83.0 Å². The molecule has 0 saturated carbocycles. The van der Waals surface area contributed by atoms with Crippen LogP contribution in [-0.2, 0) is 6.42 Å². The smallest absolute Gasteiger partial charge is 0.129 e. The fraction of sp³-hybridized carbons (Fsp3) is 0.163. The van der Waals surface area contributed by atoms with Crippen LogP contribution in [0, 0.1) is 5.92 Å². The topological polar surface area (TPSA) is 39.7 Å². The van der Waals surface area contributed by atoms with Gasteiger partial charge in [0.2, 0.25) is 0 Å². The number of rotatable bonds is 7. The summed E-state index contributed by atoms with van der Waals surface area (Å²) in [6.45, 7) is 0. The average molecular weight is 719 g/mol. The summed E-state index contributed by atoms with van der Waals surface area (Å²) in [6.07, 6.45) is 15.0. The lowest BCUT2D eigenvalue weighted by Gasteiger charge is -2.38. The van der Waals surface area contributed by atoms with Gasteiger partial charge in [0.05, 0.1) is 6.04 Å². The largest absolute Gasteiger partial charge is 0.351 e. The first-order chi connectivity index (χ1) is 26.8. The Balaban J connectivity index is 1.07. The highest BCUT2D eigenvalue weighted by Gasteiger charge is 2.40. The second-order valence-corrected chi connectivity index (χ2v) is 15.7. The number of benzene rings is 5. The van der Waals surface area contributed by atoms with E-state index >= 15 is 0 Å². The number of thiophene rings is 1. The van der Waals surface area contributed by atoms with Gasteiger partial charge in [-0.1, -0.05) is 146 Å². The molecule has 1 aliphatic heterocycles. The van der Waals surface area contributed by atoms with Gasteiger partial charge in [-0.25, -0.2) is 4.99 Å². The number of fused-ring (bicyclic) bond motifs is 5. The van der Waals surface area contributed by atoms with E-state index in [1.165, 1.54) is 49.0 Å². The van der Waals surface area contributed by atoms with Gasteiger partial charge in [0.25, 0.3) is 0 Å². The molecule has 3 aliphatic carbocycles. The molecule has 4 aliphatic rings. The van der Waals surface area contributed by atoms with Crippen molar-refractivity contribution in [2.24, 2.45) is 10.9 Å². The molecule has 2 heterocycles. The van der Waals surface area contributed by atoms with Crippen LogP contribution in [0.5, 0.6) is 0 Å². The van der Waals surface area contributed by atoms with Crippen molar-refractivity contribution in [1.82, 2.24) is 10.6 Å². The first-order valence-electron chi connectivity index (χ1n) is 19.2. The monoisotopic (exact) mass is 718 g/mol. The summed E-state index contributed by atoms with van der Waals surface area (Å²) in [7, 11) is 0. The summed E-state index contributed by atoms with van der Waals surface area (Å²) in [4.78, 5) is 10.9. The molecule has 4 nitrogen and oxygen atoms in total. The maximum absolute atomic E-state index is 5.41. The first kappa shape index (κ1) is 32.9. The minimum atomic E-state index is -0.162. The summed E-state index contributed by atoms with van der Waals surface area (Å²) in [5, 5.41) is 7.65. The van der Waals surface area contributed by atoms with Crippen LogP contribution < -0.4 is 15.5 Å². The second kappa shape index (κ2) is 14.2. The van der Waals surface area contributed by atoms with Gasteiger partial charge >= 0.3 is 0 Å². The predicted molar refractivity (Wildman–Crippen MR) is 225 cm³/mol. The second-order valence-electron chi connectivity index (χ2n) is 14.6. The standard InChI is InChI=1S/C49H42N4S/c1-5-16-33(17-6-1)34-28-30-38(31-29-34)53(37-22-11-4-12-23-37)43-27-15-26-41-45-40-25-14-13-24-39(40)42(32-44(45)54-46(41)43)49-51-47(35-18-7-2-8-19-35)50-48(52-49)36-20-9-3-10-21-36/h1-14,16-25,28-32,39-40,43,47-48,50H,15,26-27H2,(H,51,52). The van der Waals surface area contributed by atoms with E-state index in [0.717, 1.165) is 30.7 Å². The van der Waals surface area contributed by atoms with E-state index in [-0.39, 0.29) is 30.2 Å². The average Bonchev–Trinajstić information content (AvgIpc) is 3.65. The third-order valence-electron chi connectivity index (χ3n) is 11.4. The van der Waals surface area contributed by atoms with Crippen molar-refractivity contribution >= 4 is 34.6 Å². The third kappa shape index (κ3) is 6.04. The van der Waals surface area contributed by atoms with Crippen LogP contribution >= 0.6 is 11.3 Å². The molecule has 0 spiro atoms. The van der Waals surface area contributed by atoms with Crippen molar-refractivity contribution in [3.63, 3.8) is 0 Å². The number of para-hydroxylation sites is 1. The molecule has 0 bridgehead atoms. The van der Waals surface area contributed by atoms with Crippen molar-refractivity contribution in [3.8, 4) is 11.1 Å². The summed E-state index contributed by atoms with van der Waals surface area (Å²) in [5.41, 5.74) is 11.7. The number of anilines is 2. The number of allylic oxidation sites excluding steroid dienone is 4. The number of amidine groups is 1. The third-order valence-corrected chi connectivity index (χ3v) is 12.7. The molecule has 6 aromatic rings. The molecular weight excluding hydrogens is 677 g/mol. The van der Waals surface area contributed by atoms with Crippen LogP contribution in [0.25, 0.3) is 17.2 Å². The maximum atomic E-state index is 5.41. The zero-order valence-corrected chi connectivity index (χ0v) is 30.9. The van der Waals surface area contributed by atoms with Gasteiger partial charge in [0.15, 0.2) is 0 Å². The lowest BCUT2D eigenvalue weighted by molar-refractivity contribution is 0.406. The van der Waals surface area contributed by atoms with Crippen molar-refractivity contribution in [2.45, 2.75) is 43.6 Å². The lowest BCUT2D eigenvalue weighted by Crippen LogP contribution is -2.46. The van der Waals surface area contributed by atoms with E-state index in [2.05, 4.69) is 192 Å². The van der Waals surface area contributed by atoms with Gasteiger partial charge in [-0.2, -0.15) is 0 Å². The van der Waals surface area contributed by atoms with Gasteiger partial charge in [0.1, 0.15) is 18.2 Å². The highest BCUT2D eigenvalue weighted by atomic mass is 32.1. The quantitative estimate of drug-likeness (QED) is 0.173. The summed E-state index contributed by atoms with van der Waals surface area (Å²) in [6, 6.07) is 52.4. The van der Waals surface area contributed by atoms with E-state index in [4.69, 9.17) is 4.99 Å². The van der Waals surface area contributed by atoms with Crippen molar-refractivity contribution < 1.29 is 0 Å². The van der Waals surface area contributed by atoms with Crippen LogP contribution in [0.15, 0.2) is 180 Å². The Morgan fingerprint density at radius 3 is 1.96 bits per heavy atom. The number of hydrogen-bond acceptors (Lipinski definition) is 5. The lowest BCUT2D eigenvalue weighted by atomic mass is 9.72. The molecule has 5 atom stereocenters. The van der Waals surface area contributed by atoms with Crippen molar-refractivity contribution in [1.29, 1.82) is 0 Å². The molecule has 0 amide bonds. The Hall–Kier alpha value is -5.75. The van der Waals surface area contributed by atoms with Crippen LogP contribution in [0.1, 0.15) is 69.1 Å². The van der Waals surface area contributed by atoms with Gasteiger partial charge in [-0.3, -0.25) is 5.32 Å². The number of aliphatic imine (C=N–C) groups is 1. The van der Waals surface area contributed by atoms with Gasteiger partial charge < -0.3 is 10.2 Å². The predicted octanol–water partition coefficient (Wildman–Crippen LogP) is 11.8. The normalized spacial score (nSPS) is 22.6. The Labute approximate surface area is 321 Å². The van der Waals surface area contributed by atoms with Gasteiger partial charge in [-0.15, -0.1) is 11.3 Å². The number of nitrogens with zero attached hydrogens (tertiary/aromatic N) is 2. The first-order valence-corrected chi connectivity index (χ1v) is 20.0. The molecule has 264 valence electrons. The highest BCUT2D eigenvalue weighted by Crippen LogP contribution is 2.53. The van der Waals surface area contributed by atoms with E-state index in [1.807, 2.05) is 11.3 Å². The van der Waals surface area contributed by atoms with Crippen molar-refractivity contribution in [2.75, 3.05) is 4.90 Å². The molecule has 1 aromatic heterocycles. The molecule has 5 aromatic carbocycles. The molecule has 10 rings (SSSR count). The SMILES string of the molecule is C1=CC2C(C3=NC(c4ccccc4)NC(c4ccccc4)N3)=Cc3sc4c(c3C2C=C1)CCCC4N(c1ccccc1)c1ccc(-c2ccccc2)cc1. The molecule has 0 saturated heterocycles. The summed E-state index contributed by atoms with van der Waals surface area (Å²) < 4.78 is 0. The van der Waals surface area contributed by atoms with E-state index in [1.54, 1.807) is 5.56 Å². The summed E-state index contributed by atoms with van der Waals surface area (Å²) >= 11 is 2.01. The molecule has 0 fully saturated rings. The Bertz CT molecular complexity index is 2380. The molecule has 5 heteroatoms. The molecule has 0 radical (unpaired) electrons. The summed E-state index contributed by atoms with van der Waals surface area (Å²) in [5.74, 6) is 1.45. The minimum absolute atomic E-state index is 0.0682. The van der Waals surface area contributed by atoms with E-state index in [9.17, 15) is 0 Å². The fourth-order valence-corrected chi connectivity index (χ4v) is 10.4. The van der Waals surface area contributed by atoms with Crippen LogP contribution in [0.2, 0.25) is 0 Å². The zero-order valence-electron chi connectivity index (χ0n) is 30.1. The Kier molecular flexibility index (Phi) is 8.67. The molecule has 2 N–H and O–H groups in total.